The Labute approximate surface area is 216 Å². The molecule has 9 nitrogen and oxygen atoms in total. The summed E-state index contributed by atoms with van der Waals surface area (Å²) in [6.07, 6.45) is 6.63. The molecule has 0 saturated heterocycles. The van der Waals surface area contributed by atoms with Gasteiger partial charge in [-0.25, -0.2) is 14.2 Å². The molecule has 2 aromatic carbocycles. The van der Waals surface area contributed by atoms with Crippen LogP contribution in [0.2, 0.25) is 0 Å². The summed E-state index contributed by atoms with van der Waals surface area (Å²) < 4.78 is 14.0. The standard InChI is InChI=1S/C27H33FN6O3/c1-27(2,37)11-12-30-23-10-8-20(33-25(35)14-18-5-3-4-6-18)15-24(23)31-17-32-26(36)34-22-9-7-19(16-29)13-21(22)28/h7-10,13,15,17-18,30,37H,3-6,11-12,14H2,1-2H3,(H,33,35)(H2,31,32,34,36). The van der Waals surface area contributed by atoms with Gasteiger partial charge in [0.15, 0.2) is 0 Å². The van der Waals surface area contributed by atoms with Crippen LogP contribution in [0.3, 0.4) is 0 Å². The van der Waals surface area contributed by atoms with Crippen molar-refractivity contribution in [3.8, 4) is 6.07 Å². The number of carbonyl (C=O) groups excluding carboxylic acids is 2. The molecule has 0 spiro atoms. The highest BCUT2D eigenvalue weighted by atomic mass is 19.1. The number of urea groups is 1. The Kier molecular flexibility index (Phi) is 9.57. The number of hydrogen-bond acceptors (Lipinski definition) is 6. The molecule has 1 aliphatic carbocycles. The first-order valence-electron chi connectivity index (χ1n) is 12.3. The van der Waals surface area contributed by atoms with Gasteiger partial charge in [-0.2, -0.15) is 5.26 Å². The van der Waals surface area contributed by atoms with E-state index >= 15 is 0 Å². The van der Waals surface area contributed by atoms with Crippen LogP contribution in [0.5, 0.6) is 0 Å². The molecular weight excluding hydrogens is 475 g/mol. The lowest BCUT2D eigenvalue weighted by molar-refractivity contribution is -0.117. The van der Waals surface area contributed by atoms with Crippen LogP contribution < -0.4 is 21.3 Å². The van der Waals surface area contributed by atoms with Crippen LogP contribution in [0.25, 0.3) is 0 Å². The zero-order chi connectivity index (χ0) is 26.8. The number of hydrogen-bond donors (Lipinski definition) is 5. The highest BCUT2D eigenvalue weighted by Crippen LogP contribution is 2.30. The summed E-state index contributed by atoms with van der Waals surface area (Å²) in [4.78, 5) is 29.0. The number of amides is 3. The van der Waals surface area contributed by atoms with Gasteiger partial charge in [0.25, 0.3) is 0 Å². The van der Waals surface area contributed by atoms with Gasteiger partial charge in [-0.3, -0.25) is 10.1 Å². The van der Waals surface area contributed by atoms with Crippen molar-refractivity contribution in [1.82, 2.24) is 5.32 Å². The summed E-state index contributed by atoms with van der Waals surface area (Å²) in [7, 11) is 0. The van der Waals surface area contributed by atoms with Crippen LogP contribution in [-0.2, 0) is 4.79 Å². The number of halogens is 1. The first-order valence-corrected chi connectivity index (χ1v) is 12.3. The molecule has 37 heavy (non-hydrogen) atoms. The third kappa shape index (κ3) is 9.20. The third-order valence-corrected chi connectivity index (χ3v) is 6.03. The molecule has 5 N–H and O–H groups in total. The molecule has 1 saturated carbocycles. The maximum atomic E-state index is 14.0. The Balaban J connectivity index is 1.67. The van der Waals surface area contributed by atoms with Crippen molar-refractivity contribution in [2.75, 3.05) is 22.5 Å². The van der Waals surface area contributed by atoms with Gasteiger partial charge in [0.05, 0.1) is 40.6 Å². The molecule has 1 aliphatic rings. The molecule has 0 atom stereocenters. The minimum atomic E-state index is -0.842. The maximum absolute atomic E-state index is 14.0. The molecule has 2 aromatic rings. The van der Waals surface area contributed by atoms with Crippen molar-refractivity contribution in [1.29, 1.82) is 5.26 Å². The van der Waals surface area contributed by atoms with Crippen LogP contribution >= 0.6 is 0 Å². The molecule has 196 valence electrons. The Morgan fingerprint density at radius 3 is 2.57 bits per heavy atom. The predicted molar refractivity (Wildman–Crippen MR) is 142 cm³/mol. The first kappa shape index (κ1) is 27.6. The quantitative estimate of drug-likeness (QED) is 0.220. The number of nitriles is 1. The van der Waals surface area contributed by atoms with E-state index in [-0.39, 0.29) is 17.2 Å². The number of carbonyl (C=O) groups is 2. The SMILES string of the molecule is CC(C)(O)CCNc1ccc(NC(=O)CC2CCCC2)cc1N=CNC(=O)Nc1ccc(C#N)cc1F. The first-order chi connectivity index (χ1) is 17.6. The van der Waals surface area contributed by atoms with Crippen LogP contribution in [0.15, 0.2) is 41.4 Å². The van der Waals surface area contributed by atoms with Crippen LogP contribution in [0, 0.1) is 23.1 Å². The molecule has 0 heterocycles. The van der Waals surface area contributed by atoms with E-state index in [2.05, 4.69) is 26.3 Å². The molecule has 3 amide bonds. The minimum absolute atomic E-state index is 0.0495. The van der Waals surface area contributed by atoms with E-state index < -0.39 is 17.4 Å². The lowest BCUT2D eigenvalue weighted by Crippen LogP contribution is -2.27. The monoisotopic (exact) mass is 508 g/mol. The second-order valence-corrected chi connectivity index (χ2v) is 9.79. The van der Waals surface area contributed by atoms with E-state index in [0.29, 0.717) is 42.4 Å². The van der Waals surface area contributed by atoms with Crippen molar-refractivity contribution in [3.63, 3.8) is 0 Å². The van der Waals surface area contributed by atoms with Gasteiger partial charge < -0.3 is 21.1 Å². The Bertz CT molecular complexity index is 1180. The smallest absolute Gasteiger partial charge is 0.324 e. The Morgan fingerprint density at radius 2 is 1.89 bits per heavy atom. The molecule has 1 fully saturated rings. The fourth-order valence-corrected chi connectivity index (χ4v) is 4.06. The largest absolute Gasteiger partial charge is 0.390 e. The second-order valence-electron chi connectivity index (χ2n) is 9.79. The van der Waals surface area contributed by atoms with Gasteiger partial charge in [-0.05, 0) is 75.4 Å². The maximum Gasteiger partial charge on any atom is 0.324 e. The molecule has 0 aliphatic heterocycles. The van der Waals surface area contributed by atoms with Gasteiger partial charge in [0.2, 0.25) is 5.91 Å². The second kappa shape index (κ2) is 12.8. The van der Waals surface area contributed by atoms with E-state index in [0.717, 1.165) is 25.2 Å². The Morgan fingerprint density at radius 1 is 1.16 bits per heavy atom. The molecule has 0 unspecified atom stereocenters. The summed E-state index contributed by atoms with van der Waals surface area (Å²) in [5.41, 5.74) is 0.905. The highest BCUT2D eigenvalue weighted by Gasteiger charge is 2.19. The summed E-state index contributed by atoms with van der Waals surface area (Å²) in [6.45, 7) is 3.91. The van der Waals surface area contributed by atoms with E-state index in [1.165, 1.54) is 25.0 Å². The van der Waals surface area contributed by atoms with Crippen molar-refractivity contribution in [2.24, 2.45) is 10.9 Å². The number of nitrogens with zero attached hydrogens (tertiary/aromatic N) is 2. The predicted octanol–water partition coefficient (Wildman–Crippen LogP) is 5.27. The number of benzene rings is 2. The van der Waals surface area contributed by atoms with Gasteiger partial charge in [-0.1, -0.05) is 12.8 Å². The van der Waals surface area contributed by atoms with Crippen molar-refractivity contribution in [3.05, 3.63) is 47.8 Å². The summed E-state index contributed by atoms with van der Waals surface area (Å²) in [5.74, 6) is -0.360. The number of rotatable bonds is 10. The molecule has 0 bridgehead atoms. The van der Waals surface area contributed by atoms with Gasteiger partial charge >= 0.3 is 6.03 Å². The van der Waals surface area contributed by atoms with E-state index in [4.69, 9.17) is 5.26 Å². The molecule has 3 rings (SSSR count). The fraction of sp³-hybridized carbons (Fsp3) is 0.407. The third-order valence-electron chi connectivity index (χ3n) is 6.03. The van der Waals surface area contributed by atoms with E-state index in [1.807, 2.05) is 6.07 Å². The Hall–Kier alpha value is -3.97. The number of aliphatic imine (C=N–C) groups is 1. The van der Waals surface area contributed by atoms with Crippen molar-refractivity contribution < 1.29 is 19.1 Å². The van der Waals surface area contributed by atoms with Crippen LogP contribution in [0.1, 0.15) is 57.9 Å². The molecular formula is C27H33FN6O3. The van der Waals surface area contributed by atoms with E-state index in [1.54, 1.807) is 32.0 Å². The van der Waals surface area contributed by atoms with Gasteiger partial charge in [0.1, 0.15) is 5.82 Å². The number of aliphatic hydroxyl groups is 1. The zero-order valence-corrected chi connectivity index (χ0v) is 21.1. The average molecular weight is 509 g/mol. The van der Waals surface area contributed by atoms with E-state index in [9.17, 15) is 19.1 Å². The number of anilines is 3. The topological polar surface area (TPSA) is 139 Å². The minimum Gasteiger partial charge on any atom is -0.390 e. The lowest BCUT2D eigenvalue weighted by atomic mass is 10.0. The molecule has 0 aromatic heterocycles. The van der Waals surface area contributed by atoms with Crippen LogP contribution in [0.4, 0.5) is 31.9 Å². The lowest BCUT2D eigenvalue weighted by Gasteiger charge is -2.18. The number of nitrogens with one attached hydrogen (secondary N) is 4. The normalized spacial score (nSPS) is 13.8. The van der Waals surface area contributed by atoms with Gasteiger partial charge in [0, 0.05) is 18.7 Å². The molecule has 0 radical (unpaired) electrons. The molecule has 10 heteroatoms. The summed E-state index contributed by atoms with van der Waals surface area (Å²) in [6, 6.07) is 10.1. The average Bonchev–Trinajstić information content (AvgIpc) is 3.33. The highest BCUT2D eigenvalue weighted by molar-refractivity contribution is 5.97. The zero-order valence-electron chi connectivity index (χ0n) is 21.1. The fourth-order valence-electron chi connectivity index (χ4n) is 4.06. The van der Waals surface area contributed by atoms with Crippen molar-refractivity contribution >= 4 is 41.0 Å². The van der Waals surface area contributed by atoms with Crippen LogP contribution in [-0.4, -0.2) is 35.5 Å². The summed E-state index contributed by atoms with van der Waals surface area (Å²) >= 11 is 0. The van der Waals surface area contributed by atoms with Crippen molar-refractivity contribution in [2.45, 2.75) is 58.0 Å². The summed E-state index contributed by atoms with van der Waals surface area (Å²) in [5, 5.41) is 29.7. The van der Waals surface area contributed by atoms with Gasteiger partial charge in [-0.15, -0.1) is 0 Å².